The van der Waals surface area contributed by atoms with Crippen molar-refractivity contribution in [3.8, 4) is 5.75 Å². The van der Waals surface area contributed by atoms with Crippen molar-refractivity contribution in [2.24, 2.45) is 0 Å². The molecule has 0 atom stereocenters. The van der Waals surface area contributed by atoms with E-state index in [0.29, 0.717) is 10.6 Å². The van der Waals surface area contributed by atoms with Gasteiger partial charge in [-0.2, -0.15) is 13.2 Å². The van der Waals surface area contributed by atoms with Crippen LogP contribution in [0.15, 0.2) is 42.5 Å². The SMILES string of the molecule is O=C(NCc1ccc(OCC(F)(F)F)cc1)c1ccc(Cl)cc1Cl. The maximum Gasteiger partial charge on any atom is 0.422 e. The molecule has 128 valence electrons. The molecular weight excluding hydrogens is 366 g/mol. The zero-order valence-electron chi connectivity index (χ0n) is 12.2. The van der Waals surface area contributed by atoms with Gasteiger partial charge in [0.1, 0.15) is 5.75 Å². The van der Waals surface area contributed by atoms with Crippen molar-refractivity contribution in [2.45, 2.75) is 12.7 Å². The van der Waals surface area contributed by atoms with Gasteiger partial charge in [0.2, 0.25) is 0 Å². The van der Waals surface area contributed by atoms with Crippen LogP contribution in [0.3, 0.4) is 0 Å². The number of amides is 1. The van der Waals surface area contributed by atoms with Gasteiger partial charge >= 0.3 is 6.18 Å². The van der Waals surface area contributed by atoms with Crippen LogP contribution >= 0.6 is 23.2 Å². The smallest absolute Gasteiger partial charge is 0.422 e. The Labute approximate surface area is 146 Å². The molecule has 0 aromatic heterocycles. The summed E-state index contributed by atoms with van der Waals surface area (Å²) in [7, 11) is 0. The molecule has 2 rings (SSSR count). The third kappa shape index (κ3) is 5.62. The lowest BCUT2D eigenvalue weighted by Gasteiger charge is -2.10. The van der Waals surface area contributed by atoms with Crippen molar-refractivity contribution in [1.29, 1.82) is 0 Å². The fourth-order valence-electron chi connectivity index (χ4n) is 1.82. The minimum atomic E-state index is -4.38. The third-order valence-electron chi connectivity index (χ3n) is 2.95. The minimum absolute atomic E-state index is 0.100. The van der Waals surface area contributed by atoms with Gasteiger partial charge in [0.25, 0.3) is 5.91 Å². The van der Waals surface area contributed by atoms with E-state index >= 15 is 0 Å². The fourth-order valence-corrected chi connectivity index (χ4v) is 2.31. The molecule has 0 aliphatic rings. The van der Waals surface area contributed by atoms with E-state index in [4.69, 9.17) is 23.2 Å². The Bertz CT molecular complexity index is 718. The van der Waals surface area contributed by atoms with Crippen LogP contribution in [0.25, 0.3) is 0 Å². The Morgan fingerprint density at radius 3 is 2.33 bits per heavy atom. The number of hydrogen-bond acceptors (Lipinski definition) is 2. The maximum absolute atomic E-state index is 12.1. The highest BCUT2D eigenvalue weighted by Gasteiger charge is 2.28. The third-order valence-corrected chi connectivity index (χ3v) is 3.50. The topological polar surface area (TPSA) is 38.3 Å². The number of halogens is 5. The van der Waals surface area contributed by atoms with Crippen LogP contribution in [0.4, 0.5) is 13.2 Å². The Kier molecular flexibility index (Phi) is 5.96. The van der Waals surface area contributed by atoms with E-state index in [9.17, 15) is 18.0 Å². The molecule has 0 heterocycles. The van der Waals surface area contributed by atoms with Crippen LogP contribution in [0.5, 0.6) is 5.75 Å². The quantitative estimate of drug-likeness (QED) is 0.807. The molecule has 1 amide bonds. The molecule has 2 aromatic rings. The highest BCUT2D eigenvalue weighted by Crippen LogP contribution is 2.21. The van der Waals surface area contributed by atoms with Gasteiger partial charge in [0, 0.05) is 11.6 Å². The zero-order valence-corrected chi connectivity index (χ0v) is 13.7. The van der Waals surface area contributed by atoms with Crippen LogP contribution in [-0.4, -0.2) is 18.7 Å². The lowest BCUT2D eigenvalue weighted by atomic mass is 10.2. The molecule has 8 heteroatoms. The molecule has 1 N–H and O–H groups in total. The lowest BCUT2D eigenvalue weighted by Crippen LogP contribution is -2.23. The summed E-state index contributed by atoms with van der Waals surface area (Å²) in [6, 6.07) is 10.5. The Morgan fingerprint density at radius 2 is 1.75 bits per heavy atom. The summed E-state index contributed by atoms with van der Waals surface area (Å²) in [5, 5.41) is 3.32. The van der Waals surface area contributed by atoms with Gasteiger partial charge in [-0.25, -0.2) is 0 Å². The van der Waals surface area contributed by atoms with Crippen LogP contribution in [0, 0.1) is 0 Å². The van der Waals surface area contributed by atoms with Crippen molar-refractivity contribution in [1.82, 2.24) is 5.32 Å². The predicted octanol–water partition coefficient (Wildman–Crippen LogP) is 4.86. The number of alkyl halides is 3. The monoisotopic (exact) mass is 377 g/mol. The van der Waals surface area contributed by atoms with E-state index in [1.54, 1.807) is 18.2 Å². The summed E-state index contributed by atoms with van der Waals surface area (Å²) in [6.45, 7) is -1.16. The van der Waals surface area contributed by atoms with E-state index in [0.717, 1.165) is 0 Å². The largest absolute Gasteiger partial charge is 0.484 e. The van der Waals surface area contributed by atoms with E-state index < -0.39 is 12.8 Å². The summed E-state index contributed by atoms with van der Waals surface area (Å²) in [5.41, 5.74) is 0.985. The second-order valence-electron chi connectivity index (χ2n) is 4.85. The predicted molar refractivity (Wildman–Crippen MR) is 85.6 cm³/mol. The van der Waals surface area contributed by atoms with Gasteiger partial charge in [-0.05, 0) is 35.9 Å². The average Bonchev–Trinajstić information content (AvgIpc) is 2.51. The standard InChI is InChI=1S/C16H12Cl2F3NO2/c17-11-3-6-13(14(18)7-11)15(23)22-8-10-1-4-12(5-2-10)24-9-16(19,20)21/h1-7H,8-9H2,(H,22,23). The van der Waals surface area contributed by atoms with Gasteiger partial charge in [-0.1, -0.05) is 35.3 Å². The molecule has 0 saturated heterocycles. The first-order valence-electron chi connectivity index (χ1n) is 6.76. The van der Waals surface area contributed by atoms with Crippen LogP contribution in [0.1, 0.15) is 15.9 Å². The fraction of sp³-hybridized carbons (Fsp3) is 0.188. The Morgan fingerprint density at radius 1 is 1.08 bits per heavy atom. The van der Waals surface area contributed by atoms with Gasteiger partial charge in [-0.15, -0.1) is 0 Å². The second kappa shape index (κ2) is 7.77. The van der Waals surface area contributed by atoms with Gasteiger partial charge in [0.15, 0.2) is 6.61 Å². The molecule has 3 nitrogen and oxygen atoms in total. The van der Waals surface area contributed by atoms with Crippen molar-refractivity contribution in [3.63, 3.8) is 0 Å². The van der Waals surface area contributed by atoms with Crippen LogP contribution in [0.2, 0.25) is 10.0 Å². The molecule has 24 heavy (non-hydrogen) atoms. The van der Waals surface area contributed by atoms with E-state index in [1.165, 1.54) is 24.3 Å². The molecule has 0 unspecified atom stereocenters. The molecule has 0 fully saturated rings. The van der Waals surface area contributed by atoms with Gasteiger partial charge < -0.3 is 10.1 Å². The zero-order chi connectivity index (χ0) is 17.7. The summed E-state index contributed by atoms with van der Waals surface area (Å²) < 4.78 is 40.8. The number of benzene rings is 2. The average molecular weight is 378 g/mol. The number of carbonyl (C=O) groups is 1. The number of ether oxygens (including phenoxy) is 1. The first-order valence-corrected chi connectivity index (χ1v) is 7.52. The highest BCUT2D eigenvalue weighted by molar-refractivity contribution is 6.36. The normalized spacial score (nSPS) is 11.2. The first kappa shape index (κ1) is 18.4. The number of carbonyl (C=O) groups excluding carboxylic acids is 1. The van der Waals surface area contributed by atoms with Crippen molar-refractivity contribution in [2.75, 3.05) is 6.61 Å². The summed E-state index contributed by atoms with van der Waals surface area (Å²) in [4.78, 5) is 12.0. The van der Waals surface area contributed by atoms with Crippen molar-refractivity contribution in [3.05, 3.63) is 63.6 Å². The molecule has 0 aliphatic carbocycles. The van der Waals surface area contributed by atoms with Gasteiger partial charge in [0.05, 0.1) is 10.6 Å². The molecule has 0 aliphatic heterocycles. The number of nitrogens with one attached hydrogen (secondary N) is 1. The Balaban J connectivity index is 1.91. The lowest BCUT2D eigenvalue weighted by molar-refractivity contribution is -0.153. The summed E-state index contributed by atoms with van der Waals surface area (Å²) >= 11 is 11.7. The van der Waals surface area contributed by atoms with E-state index in [2.05, 4.69) is 10.1 Å². The molecule has 0 radical (unpaired) electrons. The Hall–Kier alpha value is -1.92. The minimum Gasteiger partial charge on any atom is -0.484 e. The van der Waals surface area contributed by atoms with Crippen molar-refractivity contribution < 1.29 is 22.7 Å². The van der Waals surface area contributed by atoms with Crippen LogP contribution in [-0.2, 0) is 6.54 Å². The maximum atomic E-state index is 12.1. The van der Waals surface area contributed by atoms with Crippen molar-refractivity contribution >= 4 is 29.1 Å². The number of hydrogen-bond donors (Lipinski definition) is 1. The molecule has 0 spiro atoms. The second-order valence-corrected chi connectivity index (χ2v) is 5.70. The number of rotatable bonds is 5. The molecule has 2 aromatic carbocycles. The van der Waals surface area contributed by atoms with E-state index in [-0.39, 0.29) is 28.8 Å². The summed E-state index contributed by atoms with van der Waals surface area (Å²) in [5.74, 6) is -0.280. The molecule has 0 saturated carbocycles. The van der Waals surface area contributed by atoms with E-state index in [1.807, 2.05) is 0 Å². The first-order chi connectivity index (χ1) is 11.2. The molecular formula is C16H12Cl2F3NO2. The summed E-state index contributed by atoms with van der Waals surface area (Å²) in [6.07, 6.45) is -4.38. The molecule has 0 bridgehead atoms. The van der Waals surface area contributed by atoms with Gasteiger partial charge in [-0.3, -0.25) is 4.79 Å². The van der Waals surface area contributed by atoms with Crippen LogP contribution < -0.4 is 10.1 Å². The highest BCUT2D eigenvalue weighted by atomic mass is 35.5.